The number of ether oxygens (including phenoxy) is 1. The highest BCUT2D eigenvalue weighted by molar-refractivity contribution is 5.91. The van der Waals surface area contributed by atoms with Gasteiger partial charge in [0.15, 0.2) is 11.6 Å². The number of nitrogens with one attached hydrogen (secondary N) is 3. The predicted molar refractivity (Wildman–Crippen MR) is 147 cm³/mol. The Labute approximate surface area is 231 Å². The number of carbonyl (C=O) groups is 1. The van der Waals surface area contributed by atoms with Crippen molar-refractivity contribution in [2.75, 3.05) is 19.0 Å². The Morgan fingerprint density at radius 3 is 2.55 bits per heavy atom. The number of halogens is 2. The SMILES string of the molecule is COCC[C@@H]1C[C@@H](NC(=O)Nc2c(C)c(-c3cnc(C)nc3)nn2-c2ccccc2)[C@H](c2ccc(F)c(F)c2)N1. The van der Waals surface area contributed by atoms with E-state index in [4.69, 9.17) is 9.84 Å². The second-order valence-corrected chi connectivity index (χ2v) is 9.83. The highest BCUT2D eigenvalue weighted by Gasteiger charge is 2.36. The molecule has 0 saturated carbocycles. The minimum atomic E-state index is -0.933. The molecule has 2 aromatic heterocycles. The van der Waals surface area contributed by atoms with Gasteiger partial charge in [0, 0.05) is 43.3 Å². The van der Waals surface area contributed by atoms with Gasteiger partial charge in [-0.3, -0.25) is 5.32 Å². The number of urea groups is 1. The van der Waals surface area contributed by atoms with Gasteiger partial charge in [0.05, 0.1) is 17.8 Å². The fraction of sp³-hybridized carbons (Fsp3) is 0.310. The van der Waals surface area contributed by atoms with Crippen LogP contribution in [0.4, 0.5) is 19.4 Å². The van der Waals surface area contributed by atoms with Crippen LogP contribution in [0.3, 0.4) is 0 Å². The van der Waals surface area contributed by atoms with Crippen molar-refractivity contribution < 1.29 is 18.3 Å². The van der Waals surface area contributed by atoms with Crippen molar-refractivity contribution >= 4 is 11.8 Å². The topological polar surface area (TPSA) is 106 Å². The Morgan fingerprint density at radius 2 is 1.85 bits per heavy atom. The first-order valence-corrected chi connectivity index (χ1v) is 13.1. The van der Waals surface area contributed by atoms with E-state index in [0.29, 0.717) is 42.3 Å². The Kier molecular flexibility index (Phi) is 8.13. The number of hydrogen-bond acceptors (Lipinski definition) is 6. The number of hydrogen-bond donors (Lipinski definition) is 3. The molecule has 3 N–H and O–H groups in total. The van der Waals surface area contributed by atoms with E-state index in [1.165, 1.54) is 12.1 Å². The lowest BCUT2D eigenvalue weighted by atomic mass is 9.99. The molecule has 0 bridgehead atoms. The van der Waals surface area contributed by atoms with Crippen molar-refractivity contribution in [1.29, 1.82) is 0 Å². The van der Waals surface area contributed by atoms with E-state index in [-0.39, 0.29) is 12.1 Å². The van der Waals surface area contributed by atoms with Crippen molar-refractivity contribution in [3.8, 4) is 16.9 Å². The van der Waals surface area contributed by atoms with Crippen LogP contribution in [0.2, 0.25) is 0 Å². The lowest BCUT2D eigenvalue weighted by Crippen LogP contribution is -2.41. The van der Waals surface area contributed by atoms with Crippen LogP contribution in [0.1, 0.15) is 35.8 Å². The third kappa shape index (κ3) is 5.85. The molecule has 0 spiro atoms. The minimum absolute atomic E-state index is 0.0214. The first-order chi connectivity index (χ1) is 19.3. The number of aromatic nitrogens is 4. The summed E-state index contributed by atoms with van der Waals surface area (Å²) in [6.07, 6.45) is 4.70. The van der Waals surface area contributed by atoms with E-state index in [1.807, 2.05) is 44.2 Å². The Balaban J connectivity index is 1.42. The summed E-state index contributed by atoms with van der Waals surface area (Å²) in [7, 11) is 1.63. The van der Waals surface area contributed by atoms with Gasteiger partial charge in [0.25, 0.3) is 0 Å². The Hall–Kier alpha value is -4.22. The van der Waals surface area contributed by atoms with Crippen LogP contribution in [0.5, 0.6) is 0 Å². The van der Waals surface area contributed by atoms with Gasteiger partial charge in [-0.2, -0.15) is 5.10 Å². The average Bonchev–Trinajstić information content (AvgIpc) is 3.50. The van der Waals surface area contributed by atoms with Crippen LogP contribution in [-0.4, -0.2) is 51.6 Å². The molecule has 208 valence electrons. The quantitative estimate of drug-likeness (QED) is 0.291. The highest BCUT2D eigenvalue weighted by atomic mass is 19.2. The molecule has 1 fully saturated rings. The van der Waals surface area contributed by atoms with Crippen LogP contribution in [-0.2, 0) is 4.74 Å². The molecule has 5 rings (SSSR count). The van der Waals surface area contributed by atoms with Crippen LogP contribution in [0.15, 0.2) is 60.9 Å². The molecular weight excluding hydrogens is 516 g/mol. The number of amides is 2. The maximum Gasteiger partial charge on any atom is 0.320 e. The molecule has 1 saturated heterocycles. The van der Waals surface area contributed by atoms with E-state index >= 15 is 0 Å². The lowest BCUT2D eigenvalue weighted by Gasteiger charge is -2.22. The monoisotopic (exact) mass is 547 g/mol. The summed E-state index contributed by atoms with van der Waals surface area (Å²) in [5.74, 6) is -0.714. The number of nitrogens with zero attached hydrogens (tertiary/aromatic N) is 4. The van der Waals surface area contributed by atoms with Gasteiger partial charge < -0.3 is 15.4 Å². The normalized spacial score (nSPS) is 18.6. The van der Waals surface area contributed by atoms with Gasteiger partial charge in [-0.1, -0.05) is 24.3 Å². The summed E-state index contributed by atoms with van der Waals surface area (Å²) < 4.78 is 34.6. The first kappa shape index (κ1) is 27.4. The molecule has 2 aromatic carbocycles. The minimum Gasteiger partial charge on any atom is -0.385 e. The zero-order valence-corrected chi connectivity index (χ0v) is 22.5. The first-order valence-electron chi connectivity index (χ1n) is 13.1. The van der Waals surface area contributed by atoms with Crippen LogP contribution >= 0.6 is 0 Å². The molecule has 0 aliphatic carbocycles. The molecule has 11 heteroatoms. The van der Waals surface area contributed by atoms with Crippen LogP contribution in [0.25, 0.3) is 16.9 Å². The van der Waals surface area contributed by atoms with Crippen LogP contribution < -0.4 is 16.0 Å². The van der Waals surface area contributed by atoms with Crippen LogP contribution in [0, 0.1) is 25.5 Å². The third-order valence-electron chi connectivity index (χ3n) is 7.06. The predicted octanol–water partition coefficient (Wildman–Crippen LogP) is 4.85. The molecule has 40 heavy (non-hydrogen) atoms. The number of para-hydroxylation sites is 1. The van der Waals surface area contributed by atoms with E-state index < -0.39 is 23.7 Å². The fourth-order valence-corrected chi connectivity index (χ4v) is 5.02. The maximum atomic E-state index is 14.1. The summed E-state index contributed by atoms with van der Waals surface area (Å²) in [6, 6.07) is 12.1. The summed E-state index contributed by atoms with van der Waals surface area (Å²) in [4.78, 5) is 22.0. The smallest absolute Gasteiger partial charge is 0.320 e. The summed E-state index contributed by atoms with van der Waals surface area (Å²) in [5, 5.41) is 14.2. The largest absolute Gasteiger partial charge is 0.385 e. The standard InChI is InChI=1S/C29H31F2N7O2/c1-17-26(20-15-32-18(2)33-16-20)37-38(22-7-5-4-6-8-22)28(17)36-29(39)35-25-14-21(11-12-40-3)34-27(25)19-9-10-23(30)24(31)13-19/h4-10,13,15-16,21,25,27,34H,11-12,14H2,1-3H3,(H2,35,36,39)/t21-,25-,27+/m1/s1. The number of rotatable bonds is 8. The van der Waals surface area contributed by atoms with Gasteiger partial charge in [-0.05, 0) is 56.5 Å². The van der Waals surface area contributed by atoms with E-state index in [0.717, 1.165) is 22.9 Å². The van der Waals surface area contributed by atoms with Gasteiger partial charge >= 0.3 is 6.03 Å². The number of methoxy groups -OCH3 is 1. The third-order valence-corrected chi connectivity index (χ3v) is 7.06. The van der Waals surface area contributed by atoms with Crippen molar-refractivity contribution in [3.63, 3.8) is 0 Å². The summed E-state index contributed by atoms with van der Waals surface area (Å²) in [5.41, 5.74) is 3.42. The number of aryl methyl sites for hydroxylation is 1. The van der Waals surface area contributed by atoms with Crippen molar-refractivity contribution in [2.45, 2.75) is 44.8 Å². The fourth-order valence-electron chi connectivity index (χ4n) is 5.02. The van der Waals surface area contributed by atoms with E-state index in [1.54, 1.807) is 24.2 Å². The molecule has 9 nitrogen and oxygen atoms in total. The zero-order valence-electron chi connectivity index (χ0n) is 22.5. The van der Waals surface area contributed by atoms with Gasteiger partial charge in [0.2, 0.25) is 0 Å². The molecule has 4 aromatic rings. The maximum absolute atomic E-state index is 14.1. The van der Waals surface area contributed by atoms with E-state index in [2.05, 4.69) is 25.9 Å². The van der Waals surface area contributed by atoms with Crippen molar-refractivity contribution in [3.05, 3.63) is 89.5 Å². The van der Waals surface area contributed by atoms with E-state index in [9.17, 15) is 13.6 Å². The molecule has 0 unspecified atom stereocenters. The van der Waals surface area contributed by atoms with Gasteiger partial charge in [-0.15, -0.1) is 0 Å². The lowest BCUT2D eigenvalue weighted by molar-refractivity contribution is 0.184. The molecular formula is C29H31F2N7O2. The van der Waals surface area contributed by atoms with Gasteiger partial charge in [0.1, 0.15) is 17.3 Å². The second kappa shape index (κ2) is 11.9. The molecule has 1 aliphatic heterocycles. The molecule has 0 radical (unpaired) electrons. The van der Waals surface area contributed by atoms with Crippen molar-refractivity contribution in [2.24, 2.45) is 0 Å². The number of carbonyl (C=O) groups excluding carboxylic acids is 1. The number of benzene rings is 2. The molecule has 3 atom stereocenters. The zero-order chi connectivity index (χ0) is 28.2. The molecule has 2 amide bonds. The Bertz CT molecular complexity index is 1480. The highest BCUT2D eigenvalue weighted by Crippen LogP contribution is 2.32. The Morgan fingerprint density at radius 1 is 1.10 bits per heavy atom. The van der Waals surface area contributed by atoms with Gasteiger partial charge in [-0.25, -0.2) is 28.2 Å². The molecule has 1 aliphatic rings. The molecule has 3 heterocycles. The second-order valence-electron chi connectivity index (χ2n) is 9.83. The number of anilines is 1. The summed E-state index contributed by atoms with van der Waals surface area (Å²) in [6.45, 7) is 4.21. The average molecular weight is 548 g/mol. The van der Waals surface area contributed by atoms with Crippen molar-refractivity contribution in [1.82, 2.24) is 30.4 Å². The summed E-state index contributed by atoms with van der Waals surface area (Å²) >= 11 is 0.